The molecule has 6 heteroatoms. The summed E-state index contributed by atoms with van der Waals surface area (Å²) in [4.78, 5) is 0. The van der Waals surface area contributed by atoms with Crippen molar-refractivity contribution in [1.82, 2.24) is 5.32 Å². The Labute approximate surface area is 132 Å². The predicted molar refractivity (Wildman–Crippen MR) is 83.6 cm³/mol. The molecule has 0 aromatic carbocycles. The van der Waals surface area contributed by atoms with Gasteiger partial charge >= 0.3 is 0 Å². The Kier molecular flexibility index (Phi) is 5.33. The molecular weight excluding hydrogens is 401 g/mol. The minimum absolute atomic E-state index is 0.0226. The summed E-state index contributed by atoms with van der Waals surface area (Å²) in [6.07, 6.45) is 1.06. The first-order chi connectivity index (χ1) is 8.61. The van der Waals surface area contributed by atoms with E-state index in [0.717, 1.165) is 31.9 Å². The van der Waals surface area contributed by atoms with E-state index in [1.165, 1.54) is 0 Å². The van der Waals surface area contributed by atoms with Crippen LogP contribution >= 0.6 is 54.8 Å². The lowest BCUT2D eigenvalue weighted by atomic mass is 10.1. The van der Waals surface area contributed by atoms with E-state index in [0.29, 0.717) is 5.22 Å². The standard InChI is InChI=1S/C12H12Br2ClNOS/c1-2-5-16-11(8-3-4-10(15)17-8)7-6-9(13)18-12(7)14/h3-4,6,11,16H,2,5H2,1H3. The van der Waals surface area contributed by atoms with Crippen molar-refractivity contribution in [3.8, 4) is 0 Å². The molecule has 0 spiro atoms. The maximum absolute atomic E-state index is 5.86. The maximum atomic E-state index is 5.86. The third kappa shape index (κ3) is 3.39. The van der Waals surface area contributed by atoms with Crippen molar-refractivity contribution < 1.29 is 4.42 Å². The number of thiophene rings is 1. The second-order valence-corrected chi connectivity index (χ2v) is 7.93. The summed E-state index contributed by atoms with van der Waals surface area (Å²) in [7, 11) is 0. The van der Waals surface area contributed by atoms with Crippen LogP contribution in [0.15, 0.2) is 30.2 Å². The predicted octanol–water partition coefficient (Wildman–Crippen LogP) is 5.61. The zero-order valence-corrected chi connectivity index (χ0v) is 14.4. The van der Waals surface area contributed by atoms with Crippen molar-refractivity contribution in [1.29, 1.82) is 0 Å². The van der Waals surface area contributed by atoms with Gasteiger partial charge in [-0.1, -0.05) is 6.92 Å². The number of nitrogens with one attached hydrogen (secondary N) is 1. The molecule has 0 saturated heterocycles. The quantitative estimate of drug-likeness (QED) is 0.689. The van der Waals surface area contributed by atoms with Crippen LogP contribution in [0.1, 0.15) is 30.7 Å². The third-order valence-electron chi connectivity index (χ3n) is 2.47. The van der Waals surface area contributed by atoms with Crippen LogP contribution in [-0.2, 0) is 0 Å². The molecule has 0 aliphatic rings. The Morgan fingerprint density at radius 2 is 2.22 bits per heavy atom. The van der Waals surface area contributed by atoms with Crippen LogP contribution in [0.25, 0.3) is 0 Å². The van der Waals surface area contributed by atoms with Crippen LogP contribution in [-0.4, -0.2) is 6.54 Å². The summed E-state index contributed by atoms with van der Waals surface area (Å²) >= 11 is 14.6. The normalized spacial score (nSPS) is 12.9. The molecular formula is C12H12Br2ClNOS. The number of halogens is 3. The second-order valence-electron chi connectivity index (χ2n) is 3.81. The van der Waals surface area contributed by atoms with Gasteiger partial charge in [0, 0.05) is 5.56 Å². The molecule has 2 rings (SSSR count). The second kappa shape index (κ2) is 6.57. The van der Waals surface area contributed by atoms with Gasteiger partial charge < -0.3 is 9.73 Å². The van der Waals surface area contributed by atoms with Crippen molar-refractivity contribution in [3.63, 3.8) is 0 Å². The Morgan fingerprint density at radius 1 is 1.44 bits per heavy atom. The van der Waals surface area contributed by atoms with Crippen molar-refractivity contribution in [2.24, 2.45) is 0 Å². The lowest BCUT2D eigenvalue weighted by molar-refractivity contribution is 0.448. The van der Waals surface area contributed by atoms with Gasteiger partial charge in [-0.25, -0.2) is 0 Å². The van der Waals surface area contributed by atoms with Gasteiger partial charge in [-0.3, -0.25) is 0 Å². The van der Waals surface area contributed by atoms with E-state index in [1.54, 1.807) is 17.4 Å². The Balaban J connectivity index is 2.33. The molecule has 0 saturated carbocycles. The summed E-state index contributed by atoms with van der Waals surface area (Å²) in [6, 6.07) is 5.80. The van der Waals surface area contributed by atoms with E-state index in [-0.39, 0.29) is 6.04 Å². The molecule has 1 atom stereocenters. The molecule has 0 amide bonds. The highest BCUT2D eigenvalue weighted by Crippen LogP contribution is 2.38. The summed E-state index contributed by atoms with van der Waals surface area (Å²) in [5, 5.41) is 3.89. The van der Waals surface area contributed by atoms with Gasteiger partial charge in [0.2, 0.25) is 0 Å². The monoisotopic (exact) mass is 411 g/mol. The lowest BCUT2D eigenvalue weighted by Gasteiger charge is -2.15. The molecule has 18 heavy (non-hydrogen) atoms. The largest absolute Gasteiger partial charge is 0.448 e. The van der Waals surface area contributed by atoms with E-state index in [9.17, 15) is 0 Å². The molecule has 0 bridgehead atoms. The van der Waals surface area contributed by atoms with Crippen LogP contribution in [0.2, 0.25) is 5.22 Å². The highest BCUT2D eigenvalue weighted by Gasteiger charge is 2.21. The third-order valence-corrected chi connectivity index (χ3v) is 5.06. The first-order valence-electron chi connectivity index (χ1n) is 5.55. The Bertz CT molecular complexity index is 526. The molecule has 1 N–H and O–H groups in total. The van der Waals surface area contributed by atoms with E-state index in [4.69, 9.17) is 16.0 Å². The topological polar surface area (TPSA) is 25.2 Å². The minimum atomic E-state index is 0.0226. The summed E-state index contributed by atoms with van der Waals surface area (Å²) in [5.74, 6) is 0.833. The first kappa shape index (κ1) is 14.6. The molecule has 0 aliphatic carbocycles. The fourth-order valence-corrected chi connectivity index (χ4v) is 4.74. The SMILES string of the molecule is CCCNC(c1ccc(Cl)o1)c1cc(Br)sc1Br. The van der Waals surface area contributed by atoms with Crippen molar-refractivity contribution >= 4 is 54.8 Å². The van der Waals surface area contributed by atoms with Crippen LogP contribution in [0, 0.1) is 0 Å². The number of hydrogen-bond acceptors (Lipinski definition) is 3. The highest BCUT2D eigenvalue weighted by molar-refractivity contribution is 9.12. The molecule has 2 aromatic heterocycles. The molecule has 2 nitrogen and oxygen atoms in total. The van der Waals surface area contributed by atoms with Gasteiger partial charge in [0.05, 0.1) is 13.6 Å². The lowest BCUT2D eigenvalue weighted by Crippen LogP contribution is -2.22. The molecule has 2 aromatic rings. The van der Waals surface area contributed by atoms with Gasteiger partial charge in [-0.2, -0.15) is 0 Å². The number of furan rings is 1. The first-order valence-corrected chi connectivity index (χ1v) is 8.33. The Hall–Kier alpha value is 0.190. The summed E-state index contributed by atoms with van der Waals surface area (Å²) < 4.78 is 7.71. The highest BCUT2D eigenvalue weighted by atomic mass is 79.9. The molecule has 1 unspecified atom stereocenters. The van der Waals surface area contributed by atoms with Gasteiger partial charge in [-0.05, 0) is 74.6 Å². The van der Waals surface area contributed by atoms with Crippen molar-refractivity contribution in [3.05, 3.63) is 42.3 Å². The maximum Gasteiger partial charge on any atom is 0.193 e. The van der Waals surface area contributed by atoms with E-state index >= 15 is 0 Å². The fraction of sp³-hybridized carbons (Fsp3) is 0.333. The molecule has 2 heterocycles. The van der Waals surface area contributed by atoms with E-state index in [2.05, 4.69) is 50.2 Å². The minimum Gasteiger partial charge on any atom is -0.448 e. The van der Waals surface area contributed by atoms with Crippen LogP contribution in [0.5, 0.6) is 0 Å². The zero-order chi connectivity index (χ0) is 13.1. The van der Waals surface area contributed by atoms with Gasteiger partial charge in [0.15, 0.2) is 5.22 Å². The fourth-order valence-electron chi connectivity index (χ4n) is 1.69. The van der Waals surface area contributed by atoms with Gasteiger partial charge in [0.1, 0.15) is 5.76 Å². The molecule has 0 radical (unpaired) electrons. The van der Waals surface area contributed by atoms with E-state index < -0.39 is 0 Å². The van der Waals surface area contributed by atoms with E-state index in [1.807, 2.05) is 6.07 Å². The molecule has 98 valence electrons. The van der Waals surface area contributed by atoms with Crippen LogP contribution in [0.3, 0.4) is 0 Å². The molecule has 0 aliphatic heterocycles. The van der Waals surface area contributed by atoms with Crippen molar-refractivity contribution in [2.45, 2.75) is 19.4 Å². The van der Waals surface area contributed by atoms with Crippen LogP contribution in [0.4, 0.5) is 0 Å². The molecule has 0 fully saturated rings. The zero-order valence-electron chi connectivity index (χ0n) is 9.67. The Morgan fingerprint density at radius 3 is 2.72 bits per heavy atom. The average Bonchev–Trinajstić information content (AvgIpc) is 2.87. The van der Waals surface area contributed by atoms with Gasteiger partial charge in [0.25, 0.3) is 0 Å². The van der Waals surface area contributed by atoms with Gasteiger partial charge in [-0.15, -0.1) is 11.3 Å². The smallest absolute Gasteiger partial charge is 0.193 e. The summed E-state index contributed by atoms with van der Waals surface area (Å²) in [5.41, 5.74) is 1.16. The number of rotatable bonds is 5. The number of hydrogen-bond donors (Lipinski definition) is 1. The summed E-state index contributed by atoms with van der Waals surface area (Å²) in [6.45, 7) is 3.06. The average molecular weight is 414 g/mol. The van der Waals surface area contributed by atoms with Crippen molar-refractivity contribution in [2.75, 3.05) is 6.54 Å². The van der Waals surface area contributed by atoms with Crippen LogP contribution < -0.4 is 5.32 Å².